The minimum Gasteiger partial charge on any atom is -0.497 e. The summed E-state index contributed by atoms with van der Waals surface area (Å²) in [6.45, 7) is 5.98. The predicted molar refractivity (Wildman–Crippen MR) is 100 cm³/mol. The number of rotatable bonds is 5. The van der Waals surface area contributed by atoms with Gasteiger partial charge >= 0.3 is 0 Å². The van der Waals surface area contributed by atoms with Crippen LogP contribution in [0.3, 0.4) is 0 Å². The van der Waals surface area contributed by atoms with Gasteiger partial charge in [-0.25, -0.2) is 9.97 Å². The van der Waals surface area contributed by atoms with Crippen LogP contribution in [0.5, 0.6) is 11.5 Å². The number of fused-ring (bicyclic) bond motifs is 1. The molecule has 0 radical (unpaired) electrons. The fraction of sp³-hybridized carbons (Fsp3) is 0.350. The second-order valence-corrected chi connectivity index (χ2v) is 5.31. The minimum atomic E-state index is 0.704. The van der Waals surface area contributed by atoms with E-state index in [-0.39, 0.29) is 0 Å². The van der Waals surface area contributed by atoms with E-state index in [2.05, 4.69) is 9.97 Å². The molecule has 3 rings (SSSR count). The lowest BCUT2D eigenvalue weighted by Crippen LogP contribution is -2.02. The van der Waals surface area contributed by atoms with E-state index in [1.54, 1.807) is 26.6 Å². The van der Waals surface area contributed by atoms with Crippen molar-refractivity contribution in [2.45, 2.75) is 33.6 Å². The number of pyridine rings is 1. The Bertz CT molecular complexity index is 820. The molecule has 0 N–H and O–H groups in total. The van der Waals surface area contributed by atoms with Crippen molar-refractivity contribution in [3.63, 3.8) is 0 Å². The summed E-state index contributed by atoms with van der Waals surface area (Å²) >= 11 is 0. The van der Waals surface area contributed by atoms with Crippen LogP contribution in [-0.4, -0.2) is 29.2 Å². The smallest absolute Gasteiger partial charge is 0.148 e. The Labute approximate surface area is 149 Å². The fourth-order valence-corrected chi connectivity index (χ4v) is 2.57. The van der Waals surface area contributed by atoms with Crippen molar-refractivity contribution in [1.82, 2.24) is 15.0 Å². The van der Waals surface area contributed by atoms with Gasteiger partial charge in [0.2, 0.25) is 0 Å². The van der Waals surface area contributed by atoms with E-state index in [1.165, 1.54) is 5.56 Å². The molecule has 0 unspecified atom stereocenters. The van der Waals surface area contributed by atoms with E-state index in [1.807, 2.05) is 45.0 Å². The Morgan fingerprint density at radius 3 is 2.28 bits per heavy atom. The van der Waals surface area contributed by atoms with Gasteiger partial charge in [-0.15, -0.1) is 0 Å². The van der Waals surface area contributed by atoms with Crippen LogP contribution < -0.4 is 9.47 Å². The first-order chi connectivity index (χ1) is 12.2. The molecule has 0 bridgehead atoms. The number of nitrogens with zero attached hydrogens (tertiary/aromatic N) is 3. The van der Waals surface area contributed by atoms with Crippen LogP contribution in [0.2, 0.25) is 0 Å². The number of hydrogen-bond donors (Lipinski definition) is 0. The van der Waals surface area contributed by atoms with E-state index >= 15 is 0 Å². The van der Waals surface area contributed by atoms with Crippen LogP contribution in [0, 0.1) is 6.92 Å². The SMILES string of the molecule is CC.COc1cc(OC)c2nc(CCc3ccncc3)nc(C)c2c1. The molecular weight excluding hydrogens is 314 g/mol. The van der Waals surface area contributed by atoms with Gasteiger partial charge in [0, 0.05) is 36.0 Å². The van der Waals surface area contributed by atoms with E-state index < -0.39 is 0 Å². The summed E-state index contributed by atoms with van der Waals surface area (Å²) in [6, 6.07) is 7.82. The first-order valence-electron chi connectivity index (χ1n) is 8.49. The third-order valence-corrected chi connectivity index (χ3v) is 3.82. The van der Waals surface area contributed by atoms with Crippen LogP contribution in [-0.2, 0) is 12.8 Å². The van der Waals surface area contributed by atoms with Gasteiger partial charge in [0.05, 0.1) is 14.2 Å². The molecule has 2 aromatic heterocycles. The molecule has 5 nitrogen and oxygen atoms in total. The third kappa shape index (κ3) is 4.44. The Hall–Kier alpha value is -2.69. The molecule has 2 heterocycles. The fourth-order valence-electron chi connectivity index (χ4n) is 2.57. The van der Waals surface area contributed by atoms with Crippen molar-refractivity contribution in [3.05, 3.63) is 53.7 Å². The first kappa shape index (κ1) is 18.6. The van der Waals surface area contributed by atoms with Crippen molar-refractivity contribution >= 4 is 10.9 Å². The molecule has 25 heavy (non-hydrogen) atoms. The molecule has 0 amide bonds. The standard InChI is InChI=1S/C18H19N3O2.C2H6/c1-12-15-10-14(22-2)11-16(23-3)18(15)21-17(20-12)5-4-13-6-8-19-9-7-13;1-2/h6-11H,4-5H2,1-3H3;1-2H3. The molecule has 0 aliphatic heterocycles. The predicted octanol–water partition coefficient (Wildman–Crippen LogP) is 4.16. The lowest BCUT2D eigenvalue weighted by molar-refractivity contribution is 0.397. The van der Waals surface area contributed by atoms with E-state index in [0.717, 1.165) is 41.0 Å². The zero-order valence-electron chi connectivity index (χ0n) is 15.5. The molecule has 1 aromatic carbocycles. The van der Waals surface area contributed by atoms with Gasteiger partial charge in [-0.2, -0.15) is 0 Å². The topological polar surface area (TPSA) is 57.1 Å². The summed E-state index contributed by atoms with van der Waals surface area (Å²) < 4.78 is 10.8. The lowest BCUT2D eigenvalue weighted by Gasteiger charge is -2.11. The largest absolute Gasteiger partial charge is 0.497 e. The third-order valence-electron chi connectivity index (χ3n) is 3.82. The number of hydrogen-bond acceptors (Lipinski definition) is 5. The van der Waals surface area contributed by atoms with Crippen LogP contribution in [0.1, 0.15) is 30.9 Å². The van der Waals surface area contributed by atoms with E-state index in [9.17, 15) is 0 Å². The molecule has 3 aromatic rings. The second kappa shape index (κ2) is 8.97. The Morgan fingerprint density at radius 2 is 1.64 bits per heavy atom. The molecule has 0 saturated carbocycles. The Balaban J connectivity index is 0.00000109. The minimum absolute atomic E-state index is 0.704. The molecule has 0 spiro atoms. The van der Waals surface area contributed by atoms with Gasteiger partial charge in [-0.3, -0.25) is 4.98 Å². The summed E-state index contributed by atoms with van der Waals surface area (Å²) in [4.78, 5) is 13.4. The summed E-state index contributed by atoms with van der Waals surface area (Å²) in [7, 11) is 3.28. The summed E-state index contributed by atoms with van der Waals surface area (Å²) in [5.41, 5.74) is 2.98. The van der Waals surface area contributed by atoms with Gasteiger partial charge in [-0.05, 0) is 37.1 Å². The monoisotopic (exact) mass is 339 g/mol. The van der Waals surface area contributed by atoms with Crippen molar-refractivity contribution in [2.75, 3.05) is 14.2 Å². The lowest BCUT2D eigenvalue weighted by atomic mass is 10.1. The van der Waals surface area contributed by atoms with Gasteiger partial charge in [0.1, 0.15) is 22.8 Å². The molecule has 5 heteroatoms. The van der Waals surface area contributed by atoms with Crippen LogP contribution in [0.4, 0.5) is 0 Å². The van der Waals surface area contributed by atoms with Crippen molar-refractivity contribution in [1.29, 1.82) is 0 Å². The Kier molecular flexibility index (Phi) is 6.69. The van der Waals surface area contributed by atoms with Crippen molar-refractivity contribution in [2.24, 2.45) is 0 Å². The van der Waals surface area contributed by atoms with Gasteiger partial charge in [0.15, 0.2) is 0 Å². The normalized spacial score (nSPS) is 10.1. The highest BCUT2D eigenvalue weighted by molar-refractivity contribution is 5.88. The average molecular weight is 339 g/mol. The first-order valence-corrected chi connectivity index (χ1v) is 8.49. The Morgan fingerprint density at radius 1 is 0.920 bits per heavy atom. The summed E-state index contributed by atoms with van der Waals surface area (Å²) in [6.07, 6.45) is 5.26. The molecule has 0 fully saturated rings. The van der Waals surface area contributed by atoms with Crippen molar-refractivity contribution < 1.29 is 9.47 Å². The van der Waals surface area contributed by atoms with Gasteiger partial charge in [0.25, 0.3) is 0 Å². The number of methoxy groups -OCH3 is 2. The summed E-state index contributed by atoms with van der Waals surface area (Å²) in [5, 5.41) is 0.953. The zero-order chi connectivity index (χ0) is 18.2. The second-order valence-electron chi connectivity index (χ2n) is 5.31. The number of ether oxygens (including phenoxy) is 2. The highest BCUT2D eigenvalue weighted by Gasteiger charge is 2.12. The van der Waals surface area contributed by atoms with Gasteiger partial charge in [-0.1, -0.05) is 13.8 Å². The maximum atomic E-state index is 5.46. The molecule has 0 aliphatic carbocycles. The number of benzene rings is 1. The number of aryl methyl sites for hydroxylation is 3. The van der Waals surface area contributed by atoms with E-state index in [0.29, 0.717) is 5.75 Å². The maximum Gasteiger partial charge on any atom is 0.148 e. The highest BCUT2D eigenvalue weighted by atomic mass is 16.5. The van der Waals surface area contributed by atoms with Crippen LogP contribution in [0.25, 0.3) is 10.9 Å². The van der Waals surface area contributed by atoms with Gasteiger partial charge < -0.3 is 9.47 Å². The summed E-state index contributed by atoms with van der Waals surface area (Å²) in [5.74, 6) is 2.26. The van der Waals surface area contributed by atoms with E-state index in [4.69, 9.17) is 14.5 Å². The molecule has 0 aliphatic rings. The zero-order valence-corrected chi connectivity index (χ0v) is 15.5. The highest BCUT2D eigenvalue weighted by Crippen LogP contribution is 2.31. The average Bonchev–Trinajstić information content (AvgIpc) is 2.68. The van der Waals surface area contributed by atoms with Crippen LogP contribution >= 0.6 is 0 Å². The quantitative estimate of drug-likeness (QED) is 0.698. The van der Waals surface area contributed by atoms with Crippen molar-refractivity contribution in [3.8, 4) is 11.5 Å². The maximum absolute atomic E-state index is 5.46. The molecular formula is C20H25N3O2. The molecule has 132 valence electrons. The molecule has 0 saturated heterocycles. The number of aromatic nitrogens is 3. The van der Waals surface area contributed by atoms with Crippen LogP contribution in [0.15, 0.2) is 36.7 Å². The molecule has 0 atom stereocenters.